The average Bonchev–Trinajstić information content (AvgIpc) is 2.12. The molecule has 1 N–H and O–H groups in total. The van der Waals surface area contributed by atoms with Crippen LogP contribution in [0.3, 0.4) is 0 Å². The van der Waals surface area contributed by atoms with Gasteiger partial charge in [0.25, 0.3) is 0 Å². The van der Waals surface area contributed by atoms with Crippen molar-refractivity contribution in [1.82, 2.24) is 5.32 Å². The Hall–Kier alpha value is 0.170. The van der Waals surface area contributed by atoms with E-state index in [1.807, 2.05) is 23.5 Å². The van der Waals surface area contributed by atoms with Gasteiger partial charge in [-0.1, -0.05) is 18.7 Å². The van der Waals surface area contributed by atoms with E-state index in [0.29, 0.717) is 6.04 Å². The Bertz CT molecular complexity index is 182. The number of hydrogen-bond donors (Lipinski definition) is 1. The second kappa shape index (κ2) is 5.81. The molecule has 1 fully saturated rings. The Kier molecular flexibility index (Phi) is 5.02. The minimum Gasteiger partial charge on any atom is -0.362 e. The van der Waals surface area contributed by atoms with E-state index in [-0.39, 0.29) is 0 Å². The molecule has 76 valence electrons. The van der Waals surface area contributed by atoms with E-state index in [4.69, 9.17) is 0 Å². The van der Waals surface area contributed by atoms with E-state index < -0.39 is 0 Å². The van der Waals surface area contributed by atoms with Crippen molar-refractivity contribution < 1.29 is 0 Å². The Morgan fingerprint density at radius 2 is 2.38 bits per heavy atom. The molecule has 1 heterocycles. The number of nitrogens with one attached hydrogen (secondary N) is 1. The Labute approximate surface area is 89.3 Å². The lowest BCUT2D eigenvalue weighted by atomic mass is 10.1. The van der Waals surface area contributed by atoms with Gasteiger partial charge in [-0.25, -0.2) is 0 Å². The fourth-order valence-corrected chi connectivity index (χ4v) is 2.50. The second-order valence-corrected chi connectivity index (χ2v) is 5.40. The van der Waals surface area contributed by atoms with Crippen LogP contribution in [0.5, 0.6) is 0 Å². The summed E-state index contributed by atoms with van der Waals surface area (Å²) in [4.78, 5) is 4.51. The highest BCUT2D eigenvalue weighted by molar-refractivity contribution is 8.13. The molecular weight excluding hydrogens is 200 g/mol. The molecule has 0 saturated carbocycles. The van der Waals surface area contributed by atoms with Crippen LogP contribution in [0, 0.1) is 5.92 Å². The Morgan fingerprint density at radius 1 is 1.62 bits per heavy atom. The zero-order chi connectivity index (χ0) is 9.68. The van der Waals surface area contributed by atoms with Crippen molar-refractivity contribution in [3.05, 3.63) is 0 Å². The van der Waals surface area contributed by atoms with Gasteiger partial charge in [-0.2, -0.15) is 11.8 Å². The van der Waals surface area contributed by atoms with E-state index in [9.17, 15) is 0 Å². The second-order valence-electron chi connectivity index (χ2n) is 3.40. The van der Waals surface area contributed by atoms with Gasteiger partial charge in [0.1, 0.15) is 0 Å². The first-order valence-electron chi connectivity index (χ1n) is 4.66. The molecule has 1 rings (SSSR count). The number of amidine groups is 1. The summed E-state index contributed by atoms with van der Waals surface area (Å²) in [5.74, 6) is 3.08. The molecule has 2 nitrogen and oxygen atoms in total. The lowest BCUT2D eigenvalue weighted by Gasteiger charge is -2.28. The molecule has 1 saturated heterocycles. The minimum absolute atomic E-state index is 0.578. The third-order valence-electron chi connectivity index (χ3n) is 2.24. The summed E-state index contributed by atoms with van der Waals surface area (Å²) >= 11 is 3.70. The van der Waals surface area contributed by atoms with E-state index in [1.54, 1.807) is 0 Å². The monoisotopic (exact) mass is 218 g/mol. The van der Waals surface area contributed by atoms with Crippen LogP contribution >= 0.6 is 23.5 Å². The van der Waals surface area contributed by atoms with E-state index in [1.165, 1.54) is 5.75 Å². The van der Waals surface area contributed by atoms with Crippen molar-refractivity contribution in [1.29, 1.82) is 0 Å². The Balaban J connectivity index is 2.32. The van der Waals surface area contributed by atoms with Gasteiger partial charge in [0.05, 0.1) is 6.54 Å². The highest BCUT2D eigenvalue weighted by atomic mass is 32.2. The maximum atomic E-state index is 4.51. The largest absolute Gasteiger partial charge is 0.362 e. The number of hydrogen-bond acceptors (Lipinski definition) is 3. The number of rotatable bonds is 3. The smallest absolute Gasteiger partial charge is 0.156 e. The first-order valence-corrected chi connectivity index (χ1v) is 7.04. The third kappa shape index (κ3) is 3.81. The maximum absolute atomic E-state index is 4.51. The van der Waals surface area contributed by atoms with Crippen molar-refractivity contribution >= 4 is 28.7 Å². The van der Waals surface area contributed by atoms with Crippen LogP contribution < -0.4 is 5.32 Å². The molecule has 0 aromatic rings. The van der Waals surface area contributed by atoms with Crippen LogP contribution in [-0.4, -0.2) is 35.5 Å². The molecule has 4 heteroatoms. The van der Waals surface area contributed by atoms with Gasteiger partial charge < -0.3 is 5.32 Å². The molecule has 13 heavy (non-hydrogen) atoms. The first kappa shape index (κ1) is 11.2. The SMILES string of the molecule is CSCCN=C1NC(C)C(C)CS1. The number of nitrogens with zero attached hydrogens (tertiary/aromatic N) is 1. The molecule has 2 atom stereocenters. The summed E-state index contributed by atoms with van der Waals surface area (Å²) in [5, 5.41) is 4.57. The van der Waals surface area contributed by atoms with Gasteiger partial charge in [-0.15, -0.1) is 0 Å². The van der Waals surface area contributed by atoms with Crippen molar-refractivity contribution in [3.8, 4) is 0 Å². The topological polar surface area (TPSA) is 24.4 Å². The molecule has 0 bridgehead atoms. The van der Waals surface area contributed by atoms with E-state index in [2.05, 4.69) is 30.4 Å². The molecule has 0 radical (unpaired) electrons. The van der Waals surface area contributed by atoms with E-state index in [0.717, 1.165) is 23.4 Å². The van der Waals surface area contributed by atoms with Crippen molar-refractivity contribution in [2.45, 2.75) is 19.9 Å². The number of thioether (sulfide) groups is 2. The summed E-state index contributed by atoms with van der Waals surface area (Å²) in [6.07, 6.45) is 2.12. The predicted octanol–water partition coefficient (Wildman–Crippen LogP) is 2.07. The first-order chi connectivity index (χ1) is 6.24. The van der Waals surface area contributed by atoms with Crippen molar-refractivity contribution in [3.63, 3.8) is 0 Å². The van der Waals surface area contributed by atoms with Gasteiger partial charge in [-0.05, 0) is 19.1 Å². The summed E-state index contributed by atoms with van der Waals surface area (Å²) < 4.78 is 0. The molecular formula is C9H18N2S2. The van der Waals surface area contributed by atoms with Crippen LogP contribution in [0.4, 0.5) is 0 Å². The summed E-state index contributed by atoms with van der Waals surface area (Å²) in [6, 6.07) is 0.578. The Morgan fingerprint density at radius 3 is 3.00 bits per heavy atom. The quantitative estimate of drug-likeness (QED) is 0.734. The average molecular weight is 218 g/mol. The maximum Gasteiger partial charge on any atom is 0.156 e. The minimum atomic E-state index is 0.578. The summed E-state index contributed by atoms with van der Waals surface area (Å²) in [5.41, 5.74) is 0. The molecule has 1 aliphatic heterocycles. The van der Waals surface area contributed by atoms with Crippen LogP contribution in [0.1, 0.15) is 13.8 Å². The highest BCUT2D eigenvalue weighted by Crippen LogP contribution is 2.19. The summed E-state index contributed by atoms with van der Waals surface area (Å²) in [6.45, 7) is 5.45. The normalized spacial score (nSPS) is 31.8. The lowest BCUT2D eigenvalue weighted by molar-refractivity contribution is 0.490. The molecule has 1 aliphatic rings. The molecule has 0 aliphatic carbocycles. The van der Waals surface area contributed by atoms with Crippen molar-refractivity contribution in [2.75, 3.05) is 24.3 Å². The fraction of sp³-hybridized carbons (Fsp3) is 0.889. The molecule has 0 spiro atoms. The predicted molar refractivity (Wildman–Crippen MR) is 64.9 cm³/mol. The van der Waals surface area contributed by atoms with Crippen LogP contribution in [0.2, 0.25) is 0 Å². The van der Waals surface area contributed by atoms with Gasteiger partial charge in [0.15, 0.2) is 5.17 Å². The van der Waals surface area contributed by atoms with Crippen LogP contribution in [-0.2, 0) is 0 Å². The zero-order valence-corrected chi connectivity index (χ0v) is 10.2. The lowest BCUT2D eigenvalue weighted by Crippen LogP contribution is -2.41. The van der Waals surface area contributed by atoms with Crippen LogP contribution in [0.25, 0.3) is 0 Å². The highest BCUT2D eigenvalue weighted by Gasteiger charge is 2.20. The van der Waals surface area contributed by atoms with Crippen molar-refractivity contribution in [2.24, 2.45) is 10.9 Å². The van der Waals surface area contributed by atoms with Gasteiger partial charge in [-0.3, -0.25) is 4.99 Å². The molecule has 0 aromatic carbocycles. The van der Waals surface area contributed by atoms with E-state index >= 15 is 0 Å². The molecule has 0 aromatic heterocycles. The van der Waals surface area contributed by atoms with Crippen LogP contribution in [0.15, 0.2) is 4.99 Å². The zero-order valence-electron chi connectivity index (χ0n) is 8.54. The summed E-state index contributed by atoms with van der Waals surface area (Å²) in [7, 11) is 0. The van der Waals surface area contributed by atoms with Gasteiger partial charge >= 0.3 is 0 Å². The third-order valence-corrected chi connectivity index (χ3v) is 4.04. The fourth-order valence-electron chi connectivity index (χ4n) is 1.06. The van der Waals surface area contributed by atoms with Gasteiger partial charge in [0.2, 0.25) is 0 Å². The number of aliphatic imine (C=N–C) groups is 1. The molecule has 0 amide bonds. The molecule has 2 unspecified atom stereocenters. The van der Waals surface area contributed by atoms with Gasteiger partial charge in [0, 0.05) is 17.5 Å². The standard InChI is InChI=1S/C9H18N2S2/c1-7-6-13-9(11-8(7)2)10-4-5-12-3/h7-8H,4-6H2,1-3H3,(H,10,11).